The fraction of sp³-hybridized carbons (Fsp3) is 0.579. The van der Waals surface area contributed by atoms with Gasteiger partial charge in [-0.15, -0.1) is 0 Å². The van der Waals surface area contributed by atoms with Gasteiger partial charge in [0.2, 0.25) is 11.8 Å². The molecule has 1 saturated heterocycles. The molecule has 1 fully saturated rings. The lowest BCUT2D eigenvalue weighted by molar-refractivity contribution is -0.128. The predicted octanol–water partition coefficient (Wildman–Crippen LogP) is 2.18. The van der Waals surface area contributed by atoms with Crippen LogP contribution in [-0.2, 0) is 9.59 Å². The summed E-state index contributed by atoms with van der Waals surface area (Å²) >= 11 is 0. The number of hydrogen-bond acceptors (Lipinski definition) is 4. The molecule has 2 rings (SSSR count). The molecule has 0 aliphatic carbocycles. The van der Waals surface area contributed by atoms with Gasteiger partial charge in [0.1, 0.15) is 11.5 Å². The highest BCUT2D eigenvalue weighted by atomic mass is 16.5. The average Bonchev–Trinajstić information content (AvgIpc) is 3.06. The summed E-state index contributed by atoms with van der Waals surface area (Å²) in [7, 11) is 3.21. The molecule has 2 amide bonds. The Balaban J connectivity index is 2.28. The summed E-state index contributed by atoms with van der Waals surface area (Å²) in [5, 5.41) is 3.00. The lowest BCUT2D eigenvalue weighted by atomic mass is 9.87. The number of carbonyl (C=O) groups is 2. The van der Waals surface area contributed by atoms with Gasteiger partial charge in [0.15, 0.2) is 0 Å². The van der Waals surface area contributed by atoms with Gasteiger partial charge >= 0.3 is 0 Å². The van der Waals surface area contributed by atoms with E-state index in [-0.39, 0.29) is 23.7 Å². The molecular formula is C19H28N2O4. The van der Waals surface area contributed by atoms with E-state index in [1.165, 1.54) is 0 Å². The first-order chi connectivity index (χ1) is 12.0. The van der Waals surface area contributed by atoms with Gasteiger partial charge in [0, 0.05) is 44.1 Å². The lowest BCUT2D eigenvalue weighted by Crippen LogP contribution is -2.35. The van der Waals surface area contributed by atoms with Gasteiger partial charge in [-0.1, -0.05) is 19.4 Å². The number of nitrogens with zero attached hydrogens (tertiary/aromatic N) is 1. The highest BCUT2D eigenvalue weighted by Gasteiger charge is 2.40. The fourth-order valence-corrected chi connectivity index (χ4v) is 3.29. The van der Waals surface area contributed by atoms with Gasteiger partial charge in [-0.2, -0.15) is 0 Å². The molecule has 6 heteroatoms. The topological polar surface area (TPSA) is 67.9 Å². The monoisotopic (exact) mass is 348 g/mol. The number of carbonyl (C=O) groups excluding carboxylic acids is 2. The van der Waals surface area contributed by atoms with Crippen molar-refractivity contribution in [1.29, 1.82) is 0 Å². The highest BCUT2D eigenvalue weighted by molar-refractivity contribution is 5.83. The van der Waals surface area contributed by atoms with Gasteiger partial charge < -0.3 is 19.7 Å². The number of likely N-dealkylation sites (tertiary alicyclic amines) is 1. The van der Waals surface area contributed by atoms with Crippen LogP contribution in [0.15, 0.2) is 18.2 Å². The molecule has 1 aromatic rings. The Kier molecular flexibility index (Phi) is 6.67. The fourth-order valence-electron chi connectivity index (χ4n) is 3.29. The van der Waals surface area contributed by atoms with E-state index in [1.54, 1.807) is 26.0 Å². The quantitative estimate of drug-likeness (QED) is 0.767. The number of rotatable bonds is 7. The van der Waals surface area contributed by atoms with Gasteiger partial charge in [-0.3, -0.25) is 9.59 Å². The van der Waals surface area contributed by atoms with Crippen LogP contribution in [0.2, 0.25) is 0 Å². The maximum absolute atomic E-state index is 12.7. The zero-order valence-electron chi connectivity index (χ0n) is 15.5. The molecule has 2 atom stereocenters. The van der Waals surface area contributed by atoms with Gasteiger partial charge in [0.25, 0.3) is 0 Å². The van der Waals surface area contributed by atoms with Crippen molar-refractivity contribution in [2.45, 2.75) is 32.6 Å². The molecule has 1 heterocycles. The van der Waals surface area contributed by atoms with E-state index < -0.39 is 0 Å². The second-order valence-electron chi connectivity index (χ2n) is 6.39. The molecule has 1 aromatic carbocycles. The lowest BCUT2D eigenvalue weighted by Gasteiger charge is -2.20. The first-order valence-electron chi connectivity index (χ1n) is 8.76. The Morgan fingerprint density at radius 3 is 2.60 bits per heavy atom. The van der Waals surface area contributed by atoms with Crippen LogP contribution in [-0.4, -0.2) is 50.6 Å². The van der Waals surface area contributed by atoms with E-state index in [0.29, 0.717) is 31.1 Å². The molecule has 1 aliphatic heterocycles. The molecule has 0 aromatic heterocycles. The maximum Gasteiger partial charge on any atom is 0.225 e. The first-order valence-corrected chi connectivity index (χ1v) is 8.76. The number of hydrogen-bond donors (Lipinski definition) is 1. The van der Waals surface area contributed by atoms with Crippen molar-refractivity contribution in [2.75, 3.05) is 33.9 Å². The first kappa shape index (κ1) is 19.1. The molecule has 138 valence electrons. The Bertz CT molecular complexity index is 617. The molecule has 2 unspecified atom stereocenters. The normalized spacial score (nSPS) is 19.6. The van der Waals surface area contributed by atoms with E-state index in [9.17, 15) is 9.59 Å². The smallest absolute Gasteiger partial charge is 0.225 e. The van der Waals surface area contributed by atoms with Crippen LogP contribution in [0, 0.1) is 5.92 Å². The second-order valence-corrected chi connectivity index (χ2v) is 6.39. The van der Waals surface area contributed by atoms with Crippen molar-refractivity contribution in [3.8, 4) is 11.5 Å². The molecule has 1 aliphatic rings. The van der Waals surface area contributed by atoms with Crippen molar-refractivity contribution in [1.82, 2.24) is 10.2 Å². The third-order valence-corrected chi connectivity index (χ3v) is 4.77. The van der Waals surface area contributed by atoms with Crippen molar-refractivity contribution in [3.05, 3.63) is 23.8 Å². The van der Waals surface area contributed by atoms with Crippen molar-refractivity contribution >= 4 is 11.8 Å². The van der Waals surface area contributed by atoms with Crippen LogP contribution in [0.4, 0.5) is 0 Å². The zero-order chi connectivity index (χ0) is 18.4. The summed E-state index contributed by atoms with van der Waals surface area (Å²) in [6.45, 7) is 5.25. The summed E-state index contributed by atoms with van der Waals surface area (Å²) in [5.41, 5.74) is 0.933. The van der Waals surface area contributed by atoms with E-state index in [1.807, 2.05) is 18.2 Å². The summed E-state index contributed by atoms with van der Waals surface area (Å²) < 4.78 is 10.8. The Morgan fingerprint density at radius 2 is 2.00 bits per heavy atom. The summed E-state index contributed by atoms with van der Waals surface area (Å²) in [4.78, 5) is 26.3. The van der Waals surface area contributed by atoms with E-state index in [0.717, 1.165) is 18.4 Å². The standard InChI is InChI=1S/C19H28N2O4/c1-5-6-9-20-19(23)17-12-21(13(2)22)11-16(17)15-8-7-14(24-3)10-18(15)25-4/h7-8,10,16-17H,5-6,9,11-12H2,1-4H3,(H,20,23). The predicted molar refractivity (Wildman–Crippen MR) is 95.9 cm³/mol. The minimum Gasteiger partial charge on any atom is -0.497 e. The molecule has 25 heavy (non-hydrogen) atoms. The molecule has 0 radical (unpaired) electrons. The summed E-state index contributed by atoms with van der Waals surface area (Å²) in [6, 6.07) is 5.61. The third-order valence-electron chi connectivity index (χ3n) is 4.77. The number of nitrogens with one attached hydrogen (secondary N) is 1. The number of benzene rings is 1. The summed E-state index contributed by atoms with van der Waals surface area (Å²) in [6.07, 6.45) is 1.98. The van der Waals surface area contributed by atoms with Gasteiger partial charge in [-0.05, 0) is 12.5 Å². The molecule has 0 saturated carbocycles. The Hall–Kier alpha value is -2.24. The molecular weight excluding hydrogens is 320 g/mol. The SMILES string of the molecule is CCCCNC(=O)C1CN(C(C)=O)CC1c1ccc(OC)cc1OC. The number of ether oxygens (including phenoxy) is 2. The molecule has 1 N–H and O–H groups in total. The van der Waals surface area contributed by atoms with Gasteiger partial charge in [-0.25, -0.2) is 0 Å². The minimum absolute atomic E-state index is 0.0000658. The van der Waals surface area contributed by atoms with Crippen LogP contribution in [0.3, 0.4) is 0 Å². The van der Waals surface area contributed by atoms with Gasteiger partial charge in [0.05, 0.1) is 20.1 Å². The molecule has 6 nitrogen and oxygen atoms in total. The number of unbranched alkanes of at least 4 members (excludes halogenated alkanes) is 1. The Labute approximate surface area is 149 Å². The highest BCUT2D eigenvalue weighted by Crippen LogP contribution is 2.39. The maximum atomic E-state index is 12.7. The Morgan fingerprint density at radius 1 is 1.24 bits per heavy atom. The zero-order valence-corrected chi connectivity index (χ0v) is 15.5. The largest absolute Gasteiger partial charge is 0.497 e. The van der Waals surface area contributed by atoms with E-state index in [4.69, 9.17) is 9.47 Å². The third kappa shape index (κ3) is 4.44. The van der Waals surface area contributed by atoms with E-state index >= 15 is 0 Å². The average molecular weight is 348 g/mol. The van der Waals surface area contributed by atoms with Crippen molar-refractivity contribution in [2.24, 2.45) is 5.92 Å². The van der Waals surface area contributed by atoms with Crippen LogP contribution >= 0.6 is 0 Å². The van der Waals surface area contributed by atoms with Crippen LogP contribution < -0.4 is 14.8 Å². The van der Waals surface area contributed by atoms with Crippen LogP contribution in [0.5, 0.6) is 11.5 Å². The van der Waals surface area contributed by atoms with Crippen molar-refractivity contribution in [3.63, 3.8) is 0 Å². The number of methoxy groups -OCH3 is 2. The minimum atomic E-state index is -0.275. The van der Waals surface area contributed by atoms with E-state index in [2.05, 4.69) is 12.2 Å². The number of amides is 2. The van der Waals surface area contributed by atoms with Crippen LogP contribution in [0.1, 0.15) is 38.2 Å². The second kappa shape index (κ2) is 8.74. The molecule has 0 spiro atoms. The van der Waals surface area contributed by atoms with Crippen molar-refractivity contribution < 1.29 is 19.1 Å². The summed E-state index contributed by atoms with van der Waals surface area (Å²) in [5.74, 6) is 1.00. The molecule has 0 bridgehead atoms. The van der Waals surface area contributed by atoms with Crippen LogP contribution in [0.25, 0.3) is 0 Å².